The number of rotatable bonds is 7. The van der Waals surface area contributed by atoms with Gasteiger partial charge in [0.05, 0.1) is 0 Å². The fourth-order valence-corrected chi connectivity index (χ4v) is 2.25. The van der Waals surface area contributed by atoms with Gasteiger partial charge in [-0.1, -0.05) is 20.3 Å². The summed E-state index contributed by atoms with van der Waals surface area (Å²) in [5.41, 5.74) is 0. The average Bonchev–Trinajstić information content (AvgIpc) is 2.27. The maximum Gasteiger partial charge on any atom is 0.0110 e. The van der Waals surface area contributed by atoms with E-state index in [1.807, 2.05) is 0 Å². The number of nitrogens with one attached hydrogen (secondary N) is 1. The maximum atomic E-state index is 3.57. The minimum Gasteiger partial charge on any atom is -0.315 e. The lowest BCUT2D eigenvalue weighted by atomic mass is 10.1. The second-order valence-electron chi connectivity index (χ2n) is 5.24. The number of hydrogen-bond acceptors (Lipinski definition) is 3. The van der Waals surface area contributed by atoms with E-state index in [2.05, 4.69) is 36.0 Å². The molecule has 0 spiro atoms. The second kappa shape index (κ2) is 8.04. The van der Waals surface area contributed by atoms with E-state index in [0.717, 1.165) is 12.5 Å². The number of nitrogens with zero attached hydrogens (tertiary/aromatic N) is 2. The van der Waals surface area contributed by atoms with Crippen LogP contribution in [0.5, 0.6) is 0 Å². The molecule has 0 aliphatic carbocycles. The van der Waals surface area contributed by atoms with E-state index in [4.69, 9.17) is 0 Å². The molecule has 16 heavy (non-hydrogen) atoms. The predicted octanol–water partition coefficient (Wildman–Crippen LogP) is 1.26. The lowest BCUT2D eigenvalue weighted by Gasteiger charge is -2.32. The van der Waals surface area contributed by atoms with Gasteiger partial charge in [0.15, 0.2) is 0 Å². The maximum absolute atomic E-state index is 3.57. The third kappa shape index (κ3) is 5.83. The van der Waals surface area contributed by atoms with Crippen LogP contribution in [0.1, 0.15) is 26.7 Å². The van der Waals surface area contributed by atoms with Gasteiger partial charge in [0.2, 0.25) is 0 Å². The monoisotopic (exact) mass is 227 g/mol. The molecule has 1 aliphatic heterocycles. The van der Waals surface area contributed by atoms with Crippen molar-refractivity contribution in [3.05, 3.63) is 0 Å². The summed E-state index contributed by atoms with van der Waals surface area (Å²) in [5.74, 6) is 0.831. The summed E-state index contributed by atoms with van der Waals surface area (Å²) in [6.07, 6.45) is 2.66. The van der Waals surface area contributed by atoms with Crippen LogP contribution in [0, 0.1) is 5.92 Å². The van der Waals surface area contributed by atoms with E-state index in [9.17, 15) is 0 Å². The zero-order chi connectivity index (χ0) is 11.8. The van der Waals surface area contributed by atoms with Crippen molar-refractivity contribution in [1.29, 1.82) is 0 Å². The van der Waals surface area contributed by atoms with E-state index in [-0.39, 0.29) is 0 Å². The van der Waals surface area contributed by atoms with Gasteiger partial charge in [0.1, 0.15) is 0 Å². The molecule has 0 radical (unpaired) electrons. The van der Waals surface area contributed by atoms with Gasteiger partial charge in [-0.15, -0.1) is 0 Å². The highest BCUT2D eigenvalue weighted by Gasteiger charge is 2.12. The Bertz CT molecular complexity index is 165. The van der Waals surface area contributed by atoms with Gasteiger partial charge in [-0.05, 0) is 25.9 Å². The van der Waals surface area contributed by atoms with Crippen molar-refractivity contribution >= 4 is 0 Å². The van der Waals surface area contributed by atoms with Crippen LogP contribution in [0.4, 0.5) is 0 Å². The summed E-state index contributed by atoms with van der Waals surface area (Å²) in [5, 5.41) is 3.57. The molecule has 0 bridgehead atoms. The van der Waals surface area contributed by atoms with Gasteiger partial charge in [0, 0.05) is 39.3 Å². The minimum absolute atomic E-state index is 0.831. The molecule has 0 saturated carbocycles. The normalized spacial score (nSPS) is 21.2. The molecule has 0 aromatic rings. The van der Waals surface area contributed by atoms with Gasteiger partial charge >= 0.3 is 0 Å². The van der Waals surface area contributed by atoms with Crippen LogP contribution in [0.25, 0.3) is 0 Å². The summed E-state index contributed by atoms with van der Waals surface area (Å²) in [6.45, 7) is 13.1. The molecule has 1 fully saturated rings. The van der Waals surface area contributed by atoms with E-state index in [0.29, 0.717) is 0 Å². The fourth-order valence-electron chi connectivity index (χ4n) is 2.25. The van der Waals surface area contributed by atoms with Crippen molar-refractivity contribution < 1.29 is 0 Å². The van der Waals surface area contributed by atoms with Crippen molar-refractivity contribution in [3.8, 4) is 0 Å². The molecule has 0 aromatic heterocycles. The molecular weight excluding hydrogens is 198 g/mol. The SMILES string of the molecule is CCCC(C)CNCCN1CCN(C)CC1. The molecule has 0 aromatic carbocycles. The van der Waals surface area contributed by atoms with Crippen molar-refractivity contribution in [1.82, 2.24) is 15.1 Å². The van der Waals surface area contributed by atoms with E-state index < -0.39 is 0 Å². The minimum atomic E-state index is 0.831. The molecule has 3 nitrogen and oxygen atoms in total. The van der Waals surface area contributed by atoms with Crippen LogP contribution < -0.4 is 5.32 Å². The Balaban J connectivity index is 1.95. The van der Waals surface area contributed by atoms with E-state index in [1.54, 1.807) is 0 Å². The van der Waals surface area contributed by atoms with Gasteiger partial charge in [-0.25, -0.2) is 0 Å². The van der Waals surface area contributed by atoms with Gasteiger partial charge in [0.25, 0.3) is 0 Å². The summed E-state index contributed by atoms with van der Waals surface area (Å²) in [4.78, 5) is 4.98. The highest BCUT2D eigenvalue weighted by molar-refractivity contribution is 4.70. The molecule has 1 rings (SSSR count). The molecule has 3 heteroatoms. The Kier molecular flexibility index (Phi) is 7.01. The van der Waals surface area contributed by atoms with Gasteiger partial charge in [-0.2, -0.15) is 0 Å². The second-order valence-corrected chi connectivity index (χ2v) is 5.24. The highest BCUT2D eigenvalue weighted by Crippen LogP contribution is 2.02. The van der Waals surface area contributed by atoms with Crippen LogP contribution in [0.2, 0.25) is 0 Å². The standard InChI is InChI=1S/C13H29N3/c1-4-5-13(2)12-14-6-7-16-10-8-15(3)9-11-16/h13-14H,4-12H2,1-3H3. The molecule has 1 N–H and O–H groups in total. The van der Waals surface area contributed by atoms with Gasteiger partial charge < -0.3 is 10.2 Å². The molecule has 1 aliphatic rings. The quantitative estimate of drug-likeness (QED) is 0.661. The first-order valence-electron chi connectivity index (χ1n) is 6.84. The van der Waals surface area contributed by atoms with Crippen LogP contribution in [-0.4, -0.2) is 62.7 Å². The topological polar surface area (TPSA) is 18.5 Å². The molecule has 96 valence electrons. The summed E-state index contributed by atoms with van der Waals surface area (Å²) < 4.78 is 0. The van der Waals surface area contributed by atoms with Gasteiger partial charge in [-0.3, -0.25) is 4.90 Å². The first-order valence-corrected chi connectivity index (χ1v) is 6.84. The Morgan fingerprint density at radius 2 is 1.88 bits per heavy atom. The number of likely N-dealkylation sites (N-methyl/N-ethyl adjacent to an activating group) is 1. The van der Waals surface area contributed by atoms with Crippen LogP contribution >= 0.6 is 0 Å². The number of hydrogen-bond donors (Lipinski definition) is 1. The molecule has 1 heterocycles. The predicted molar refractivity (Wildman–Crippen MR) is 70.9 cm³/mol. The van der Waals surface area contributed by atoms with Crippen LogP contribution in [0.15, 0.2) is 0 Å². The Hall–Kier alpha value is -0.120. The Morgan fingerprint density at radius 3 is 2.50 bits per heavy atom. The third-order valence-electron chi connectivity index (χ3n) is 3.47. The first-order chi connectivity index (χ1) is 7.72. The lowest BCUT2D eigenvalue weighted by molar-refractivity contribution is 0.154. The summed E-state index contributed by atoms with van der Waals surface area (Å²) in [6, 6.07) is 0. The largest absolute Gasteiger partial charge is 0.315 e. The molecule has 1 saturated heterocycles. The zero-order valence-corrected chi connectivity index (χ0v) is 11.3. The average molecular weight is 227 g/mol. The van der Waals surface area contributed by atoms with Crippen molar-refractivity contribution in [2.75, 3.05) is 52.9 Å². The molecular formula is C13H29N3. The van der Waals surface area contributed by atoms with Crippen molar-refractivity contribution in [3.63, 3.8) is 0 Å². The Morgan fingerprint density at radius 1 is 1.19 bits per heavy atom. The van der Waals surface area contributed by atoms with E-state index in [1.165, 1.54) is 52.1 Å². The fraction of sp³-hybridized carbons (Fsp3) is 1.00. The third-order valence-corrected chi connectivity index (χ3v) is 3.47. The van der Waals surface area contributed by atoms with Crippen molar-refractivity contribution in [2.45, 2.75) is 26.7 Å². The van der Waals surface area contributed by atoms with Crippen LogP contribution in [-0.2, 0) is 0 Å². The Labute approximate surface area is 101 Å². The van der Waals surface area contributed by atoms with Crippen molar-refractivity contribution in [2.24, 2.45) is 5.92 Å². The lowest BCUT2D eigenvalue weighted by Crippen LogP contribution is -2.46. The first kappa shape index (κ1) is 13.9. The molecule has 1 unspecified atom stereocenters. The highest BCUT2D eigenvalue weighted by atomic mass is 15.2. The summed E-state index contributed by atoms with van der Waals surface area (Å²) in [7, 11) is 2.21. The molecule has 1 atom stereocenters. The number of piperazine rings is 1. The van der Waals surface area contributed by atoms with Crippen LogP contribution in [0.3, 0.4) is 0 Å². The molecule has 0 amide bonds. The smallest absolute Gasteiger partial charge is 0.0110 e. The van der Waals surface area contributed by atoms with E-state index >= 15 is 0 Å². The summed E-state index contributed by atoms with van der Waals surface area (Å²) >= 11 is 0. The zero-order valence-electron chi connectivity index (χ0n) is 11.3.